The van der Waals surface area contributed by atoms with E-state index in [1.165, 1.54) is 5.69 Å². The van der Waals surface area contributed by atoms with Gasteiger partial charge in [0, 0.05) is 24.5 Å². The second-order valence-corrected chi connectivity index (χ2v) is 6.69. The van der Waals surface area contributed by atoms with Crippen LogP contribution in [0.25, 0.3) is 0 Å². The summed E-state index contributed by atoms with van der Waals surface area (Å²) in [5.74, 6) is 0. The molecule has 1 aliphatic heterocycles. The fourth-order valence-electron chi connectivity index (χ4n) is 2.91. The van der Waals surface area contributed by atoms with Crippen molar-refractivity contribution in [3.63, 3.8) is 0 Å². The molecule has 0 atom stereocenters. The highest BCUT2D eigenvalue weighted by Crippen LogP contribution is 2.19. The summed E-state index contributed by atoms with van der Waals surface area (Å²) in [4.78, 5) is 2.33. The molecule has 0 unspecified atom stereocenters. The van der Waals surface area contributed by atoms with E-state index in [9.17, 15) is 0 Å². The Hall–Kier alpha value is -2.44. The molecule has 2 aromatic rings. The van der Waals surface area contributed by atoms with E-state index in [4.69, 9.17) is 17.0 Å². The molecule has 0 aliphatic carbocycles. The summed E-state index contributed by atoms with van der Waals surface area (Å²) >= 11 is 5.32. The molecule has 0 amide bonds. The second-order valence-electron chi connectivity index (χ2n) is 6.28. The Bertz CT molecular complexity index is 763. The molecule has 5 nitrogen and oxygen atoms in total. The normalized spacial score (nSPS) is 14.5. The number of ether oxygens (including phenoxy) is 1. The Balaban J connectivity index is 1.54. The fraction of sp³-hybridized carbons (Fsp3) is 0.300. The summed E-state index contributed by atoms with van der Waals surface area (Å²) in [5.41, 5.74) is 8.43. The van der Waals surface area contributed by atoms with Gasteiger partial charge < -0.3 is 15.0 Å². The van der Waals surface area contributed by atoms with Crippen LogP contribution in [0.4, 0.5) is 11.4 Å². The van der Waals surface area contributed by atoms with Gasteiger partial charge in [-0.3, -0.25) is 5.43 Å². The van der Waals surface area contributed by atoms with Gasteiger partial charge in [-0.2, -0.15) is 5.10 Å². The predicted molar refractivity (Wildman–Crippen MR) is 112 cm³/mol. The first-order chi connectivity index (χ1) is 12.6. The number of aryl methyl sites for hydroxylation is 2. The van der Waals surface area contributed by atoms with Gasteiger partial charge in [0.15, 0.2) is 5.11 Å². The van der Waals surface area contributed by atoms with Crippen molar-refractivity contribution in [3.05, 3.63) is 59.2 Å². The fourth-order valence-corrected chi connectivity index (χ4v) is 3.07. The predicted octanol–water partition coefficient (Wildman–Crippen LogP) is 3.46. The minimum Gasteiger partial charge on any atom is -0.378 e. The number of nitrogens with one attached hydrogen (secondary N) is 2. The number of thiocarbonyl (C=S) groups is 1. The third-order valence-corrected chi connectivity index (χ3v) is 4.56. The Morgan fingerprint density at radius 1 is 1.08 bits per heavy atom. The first-order valence-corrected chi connectivity index (χ1v) is 9.13. The van der Waals surface area contributed by atoms with Gasteiger partial charge in [-0.05, 0) is 54.9 Å². The van der Waals surface area contributed by atoms with Crippen LogP contribution in [0.3, 0.4) is 0 Å². The van der Waals surface area contributed by atoms with E-state index in [2.05, 4.69) is 71.0 Å². The molecule has 2 aromatic carbocycles. The standard InChI is InChI=1S/C20H24N4OS/c1-15-4-3-5-16(2)19(15)22-20(26)23-21-14-17-6-8-18(9-7-17)24-10-12-25-13-11-24/h3-9,14H,10-13H2,1-2H3,(H2,22,23,26)/b21-14-. The number of hydrazone groups is 1. The molecule has 0 aromatic heterocycles. The van der Waals surface area contributed by atoms with Crippen molar-refractivity contribution in [2.24, 2.45) is 5.10 Å². The van der Waals surface area contributed by atoms with E-state index in [-0.39, 0.29) is 0 Å². The van der Waals surface area contributed by atoms with Crippen LogP contribution in [0, 0.1) is 13.8 Å². The molecule has 0 bridgehead atoms. The first kappa shape index (κ1) is 18.4. The number of morpholine rings is 1. The average Bonchev–Trinajstić information content (AvgIpc) is 2.66. The maximum atomic E-state index is 5.39. The first-order valence-electron chi connectivity index (χ1n) is 8.72. The zero-order chi connectivity index (χ0) is 18.4. The van der Waals surface area contributed by atoms with Crippen LogP contribution in [0.15, 0.2) is 47.6 Å². The second kappa shape index (κ2) is 8.78. The zero-order valence-electron chi connectivity index (χ0n) is 15.2. The molecule has 0 spiro atoms. The van der Waals surface area contributed by atoms with E-state index >= 15 is 0 Å². The van der Waals surface area contributed by atoms with Crippen molar-refractivity contribution in [2.75, 3.05) is 36.5 Å². The van der Waals surface area contributed by atoms with Crippen molar-refractivity contribution in [2.45, 2.75) is 13.8 Å². The Labute approximate surface area is 160 Å². The van der Waals surface area contributed by atoms with E-state index in [0.717, 1.165) is 48.7 Å². The number of para-hydroxylation sites is 1. The van der Waals surface area contributed by atoms with Crippen molar-refractivity contribution in [3.8, 4) is 0 Å². The number of benzene rings is 2. The van der Waals surface area contributed by atoms with Gasteiger partial charge in [0.25, 0.3) is 0 Å². The largest absolute Gasteiger partial charge is 0.378 e. The minimum absolute atomic E-state index is 0.476. The van der Waals surface area contributed by atoms with Gasteiger partial charge in [-0.25, -0.2) is 0 Å². The Morgan fingerprint density at radius 3 is 2.38 bits per heavy atom. The minimum atomic E-state index is 0.476. The van der Waals surface area contributed by atoms with Crippen LogP contribution < -0.4 is 15.6 Å². The molecule has 0 radical (unpaired) electrons. The van der Waals surface area contributed by atoms with Crippen molar-refractivity contribution in [1.29, 1.82) is 0 Å². The number of hydrogen-bond donors (Lipinski definition) is 2. The monoisotopic (exact) mass is 368 g/mol. The lowest BCUT2D eigenvalue weighted by molar-refractivity contribution is 0.122. The lowest BCUT2D eigenvalue weighted by atomic mass is 10.1. The van der Waals surface area contributed by atoms with Gasteiger partial charge in [0.1, 0.15) is 0 Å². The van der Waals surface area contributed by atoms with Crippen LogP contribution >= 0.6 is 12.2 Å². The summed E-state index contributed by atoms with van der Waals surface area (Å²) < 4.78 is 5.39. The highest BCUT2D eigenvalue weighted by Gasteiger charge is 2.10. The van der Waals surface area contributed by atoms with Crippen LogP contribution in [0.2, 0.25) is 0 Å². The van der Waals surface area contributed by atoms with Gasteiger partial charge in [-0.1, -0.05) is 30.3 Å². The SMILES string of the molecule is Cc1cccc(C)c1NC(=S)N/N=C\c1ccc(N2CCOCC2)cc1. The van der Waals surface area contributed by atoms with Gasteiger partial charge >= 0.3 is 0 Å². The molecular weight excluding hydrogens is 344 g/mol. The molecule has 1 heterocycles. The summed E-state index contributed by atoms with van der Waals surface area (Å²) in [7, 11) is 0. The number of rotatable bonds is 4. The van der Waals surface area contributed by atoms with Crippen LogP contribution in [-0.2, 0) is 4.74 Å². The molecule has 1 aliphatic rings. The van der Waals surface area contributed by atoms with Crippen LogP contribution in [0.1, 0.15) is 16.7 Å². The maximum Gasteiger partial charge on any atom is 0.191 e. The zero-order valence-corrected chi connectivity index (χ0v) is 16.0. The third-order valence-electron chi connectivity index (χ3n) is 4.37. The lowest BCUT2D eigenvalue weighted by Crippen LogP contribution is -2.36. The molecule has 1 saturated heterocycles. The summed E-state index contributed by atoms with van der Waals surface area (Å²) in [6, 6.07) is 14.5. The van der Waals surface area contributed by atoms with E-state index in [1.54, 1.807) is 6.21 Å². The summed E-state index contributed by atoms with van der Waals surface area (Å²) in [6.45, 7) is 7.56. The number of anilines is 2. The smallest absolute Gasteiger partial charge is 0.191 e. The number of hydrogen-bond acceptors (Lipinski definition) is 4. The summed E-state index contributed by atoms with van der Waals surface area (Å²) in [6.07, 6.45) is 1.77. The molecule has 2 N–H and O–H groups in total. The van der Waals surface area contributed by atoms with Crippen molar-refractivity contribution < 1.29 is 4.74 Å². The molecule has 136 valence electrons. The average molecular weight is 369 g/mol. The topological polar surface area (TPSA) is 48.9 Å². The highest BCUT2D eigenvalue weighted by molar-refractivity contribution is 7.80. The van der Waals surface area contributed by atoms with Crippen molar-refractivity contribution in [1.82, 2.24) is 5.43 Å². The molecule has 26 heavy (non-hydrogen) atoms. The lowest BCUT2D eigenvalue weighted by Gasteiger charge is -2.28. The van der Waals surface area contributed by atoms with Crippen molar-refractivity contribution >= 4 is 34.9 Å². The molecule has 1 fully saturated rings. The molecule has 0 saturated carbocycles. The molecule has 6 heteroatoms. The molecular formula is C20H24N4OS. The Kier molecular flexibility index (Phi) is 6.20. The quantitative estimate of drug-likeness (QED) is 0.492. The number of nitrogens with zero attached hydrogens (tertiary/aromatic N) is 2. The highest BCUT2D eigenvalue weighted by atomic mass is 32.1. The van der Waals surface area contributed by atoms with Crippen LogP contribution in [-0.4, -0.2) is 37.6 Å². The van der Waals surface area contributed by atoms with E-state index in [1.807, 2.05) is 6.07 Å². The van der Waals surface area contributed by atoms with Gasteiger partial charge in [0.05, 0.1) is 19.4 Å². The summed E-state index contributed by atoms with van der Waals surface area (Å²) in [5, 5.41) is 7.91. The molecule has 3 rings (SSSR count). The van der Waals surface area contributed by atoms with E-state index in [0.29, 0.717) is 5.11 Å². The van der Waals surface area contributed by atoms with Crippen LogP contribution in [0.5, 0.6) is 0 Å². The van der Waals surface area contributed by atoms with Gasteiger partial charge in [-0.15, -0.1) is 0 Å². The Morgan fingerprint density at radius 2 is 1.73 bits per heavy atom. The van der Waals surface area contributed by atoms with Gasteiger partial charge in [0.2, 0.25) is 0 Å². The maximum absolute atomic E-state index is 5.39. The third kappa shape index (κ3) is 4.80. The van der Waals surface area contributed by atoms with E-state index < -0.39 is 0 Å².